The van der Waals surface area contributed by atoms with Gasteiger partial charge in [-0.25, -0.2) is 0 Å². The van der Waals surface area contributed by atoms with Crippen LogP contribution in [0, 0.1) is 0 Å². The monoisotopic (exact) mass is 1180 g/mol. The summed E-state index contributed by atoms with van der Waals surface area (Å²) in [6.07, 6.45) is 85.8. The first-order valence-corrected chi connectivity index (χ1v) is 37.8. The maximum absolute atomic E-state index is 13.0. The van der Waals surface area contributed by atoms with Crippen molar-refractivity contribution in [3.8, 4) is 0 Å². The molecule has 0 rings (SSSR count). The van der Waals surface area contributed by atoms with Gasteiger partial charge in [0.1, 0.15) is 13.2 Å². The number of phosphoric ester groups is 1. The lowest BCUT2D eigenvalue weighted by Crippen LogP contribution is -2.45. The fourth-order valence-corrected chi connectivity index (χ4v) is 11.9. The number of unbranched alkanes of at least 4 members (excludes halogenated alkanes) is 51. The second-order valence-electron chi connectivity index (χ2n) is 26.3. The van der Waals surface area contributed by atoms with Crippen molar-refractivity contribution < 1.29 is 32.9 Å². The second-order valence-corrected chi connectivity index (χ2v) is 27.7. The second kappa shape index (κ2) is 64.2. The van der Waals surface area contributed by atoms with Crippen LogP contribution in [0.4, 0.5) is 0 Å². The van der Waals surface area contributed by atoms with Crippen LogP contribution >= 0.6 is 7.82 Å². The fourth-order valence-electron chi connectivity index (χ4n) is 11.2. The van der Waals surface area contributed by atoms with Crippen LogP contribution in [0.2, 0.25) is 0 Å². The van der Waals surface area contributed by atoms with Crippen LogP contribution in [-0.2, 0) is 18.4 Å². The maximum Gasteiger partial charge on any atom is 0.268 e. The van der Waals surface area contributed by atoms with Crippen LogP contribution in [0.1, 0.15) is 373 Å². The Hall–Kier alpha value is -1.28. The molecule has 2 N–H and O–H groups in total. The first-order valence-electron chi connectivity index (χ1n) is 36.4. The van der Waals surface area contributed by atoms with Gasteiger partial charge in [0, 0.05) is 6.42 Å². The summed E-state index contributed by atoms with van der Waals surface area (Å²) < 4.78 is 23.4. The van der Waals surface area contributed by atoms with Crippen molar-refractivity contribution in [1.82, 2.24) is 5.32 Å². The summed E-state index contributed by atoms with van der Waals surface area (Å²) in [6.45, 7) is 4.69. The third-order valence-corrected chi connectivity index (χ3v) is 17.8. The number of hydrogen-bond acceptors (Lipinski definition) is 6. The van der Waals surface area contributed by atoms with E-state index in [1.165, 1.54) is 315 Å². The average Bonchev–Trinajstić information content (AvgIpc) is 3.47. The van der Waals surface area contributed by atoms with Crippen molar-refractivity contribution >= 4 is 13.7 Å². The van der Waals surface area contributed by atoms with Crippen molar-refractivity contribution in [3.05, 3.63) is 36.5 Å². The molecule has 3 atom stereocenters. The Morgan fingerprint density at radius 1 is 0.415 bits per heavy atom. The van der Waals surface area contributed by atoms with E-state index < -0.39 is 20.0 Å². The van der Waals surface area contributed by atoms with Crippen LogP contribution < -0.4 is 10.2 Å². The first-order chi connectivity index (χ1) is 40.0. The molecule has 0 spiro atoms. The van der Waals surface area contributed by atoms with E-state index in [1.807, 2.05) is 27.2 Å². The molecule has 0 aliphatic rings. The van der Waals surface area contributed by atoms with Crippen LogP contribution in [0.15, 0.2) is 36.5 Å². The summed E-state index contributed by atoms with van der Waals surface area (Å²) in [5.41, 5.74) is 0. The van der Waals surface area contributed by atoms with Gasteiger partial charge in [-0.15, -0.1) is 0 Å². The van der Waals surface area contributed by atoms with E-state index >= 15 is 0 Å². The third-order valence-electron chi connectivity index (χ3n) is 16.8. The topological polar surface area (TPSA) is 108 Å². The van der Waals surface area contributed by atoms with Crippen LogP contribution in [0.3, 0.4) is 0 Å². The highest BCUT2D eigenvalue weighted by molar-refractivity contribution is 7.45. The predicted octanol–water partition coefficient (Wildman–Crippen LogP) is 22.6. The zero-order chi connectivity index (χ0) is 59.8. The standard InChI is InChI=1S/C73H143N2O6P/c1-6-8-10-12-14-16-18-20-22-24-26-28-30-31-32-33-34-35-36-37-38-39-40-41-42-43-45-47-49-51-53-55-57-59-61-63-65-67-73(77)74-71(70-81-82(78,79)80-69-68-75(3,4)5)72(76)66-64-62-60-58-56-54-52-50-48-46-44-29-27-25-23-21-19-17-15-13-11-9-7-2/h24,26,56,58,64,66,71-72,76H,6-23,25,27-55,57,59-63,65,67-70H2,1-5H3,(H-,74,77,78,79)/b26-24-,58-56+,66-64+. The van der Waals surface area contributed by atoms with Crippen LogP contribution in [0.25, 0.3) is 0 Å². The minimum Gasteiger partial charge on any atom is -0.756 e. The van der Waals surface area contributed by atoms with Crippen LogP contribution in [-0.4, -0.2) is 68.5 Å². The molecule has 0 saturated heterocycles. The molecule has 0 aromatic carbocycles. The number of carbonyl (C=O) groups is 1. The molecular formula is C73H143N2O6P. The maximum atomic E-state index is 13.0. The lowest BCUT2D eigenvalue weighted by molar-refractivity contribution is -0.870. The smallest absolute Gasteiger partial charge is 0.268 e. The third kappa shape index (κ3) is 66.2. The Morgan fingerprint density at radius 3 is 0.988 bits per heavy atom. The summed E-state index contributed by atoms with van der Waals surface area (Å²) in [7, 11) is 1.26. The number of rotatable bonds is 68. The fraction of sp³-hybridized carbons (Fsp3) is 0.904. The molecule has 1 amide bonds. The highest BCUT2D eigenvalue weighted by Crippen LogP contribution is 2.38. The number of carbonyl (C=O) groups excluding carboxylic acids is 1. The van der Waals surface area contributed by atoms with Gasteiger partial charge in [-0.2, -0.15) is 0 Å². The number of allylic oxidation sites excluding steroid dienone is 5. The zero-order valence-electron chi connectivity index (χ0n) is 55.7. The number of likely N-dealkylation sites (N-methyl/N-ethyl adjacent to an activating group) is 1. The van der Waals surface area contributed by atoms with Gasteiger partial charge in [-0.1, -0.05) is 346 Å². The SMILES string of the molecule is CCCCCCCCCC/C=C\CCCCCCCCCCCCCCCCCCCCCCCCCCCC(=O)NC(COP(=O)([O-])OCC[N+](C)(C)C)C(O)/C=C/CC/C=C/CCCCCCCCCCCCCCCCCCC. The molecule has 3 unspecified atom stereocenters. The molecule has 0 aliphatic carbocycles. The molecule has 0 fully saturated rings. The van der Waals surface area contributed by atoms with Crippen molar-refractivity contribution in [3.63, 3.8) is 0 Å². The molecule has 0 radical (unpaired) electrons. The number of amides is 1. The van der Waals surface area contributed by atoms with E-state index in [9.17, 15) is 19.4 Å². The number of hydrogen-bond donors (Lipinski definition) is 2. The largest absolute Gasteiger partial charge is 0.756 e. The van der Waals surface area contributed by atoms with Gasteiger partial charge < -0.3 is 28.8 Å². The van der Waals surface area contributed by atoms with Gasteiger partial charge in [-0.3, -0.25) is 9.36 Å². The van der Waals surface area contributed by atoms with Gasteiger partial charge in [0.2, 0.25) is 5.91 Å². The van der Waals surface area contributed by atoms with Gasteiger partial charge in [-0.05, 0) is 57.8 Å². The molecule has 0 bridgehead atoms. The van der Waals surface area contributed by atoms with Crippen LogP contribution in [0.5, 0.6) is 0 Å². The summed E-state index contributed by atoms with van der Waals surface area (Å²) in [6, 6.07) is -0.903. The van der Waals surface area contributed by atoms with E-state index in [0.717, 1.165) is 38.5 Å². The van der Waals surface area contributed by atoms with Gasteiger partial charge in [0.05, 0.1) is 39.9 Å². The number of nitrogens with zero attached hydrogens (tertiary/aromatic N) is 1. The minimum atomic E-state index is -4.61. The summed E-state index contributed by atoms with van der Waals surface area (Å²) in [5, 5.41) is 13.9. The Kier molecular flexibility index (Phi) is 63.2. The summed E-state index contributed by atoms with van der Waals surface area (Å²) in [4.78, 5) is 25.6. The van der Waals surface area contributed by atoms with Crippen molar-refractivity contribution in [2.45, 2.75) is 386 Å². The highest BCUT2D eigenvalue weighted by Gasteiger charge is 2.23. The molecule has 8 nitrogen and oxygen atoms in total. The quantitative estimate of drug-likeness (QED) is 0.0272. The van der Waals surface area contributed by atoms with Gasteiger partial charge >= 0.3 is 0 Å². The number of nitrogens with one attached hydrogen (secondary N) is 1. The van der Waals surface area contributed by atoms with Crippen molar-refractivity contribution in [1.29, 1.82) is 0 Å². The normalized spacial score (nSPS) is 13.8. The molecule has 0 aromatic rings. The highest BCUT2D eigenvalue weighted by atomic mass is 31.2. The van der Waals surface area contributed by atoms with Gasteiger partial charge in [0.15, 0.2) is 0 Å². The van der Waals surface area contributed by atoms with E-state index in [-0.39, 0.29) is 19.1 Å². The molecule has 82 heavy (non-hydrogen) atoms. The number of aliphatic hydroxyl groups is 1. The van der Waals surface area contributed by atoms with E-state index in [0.29, 0.717) is 17.4 Å². The Bertz CT molecular complexity index is 1430. The van der Waals surface area contributed by atoms with E-state index in [2.05, 4.69) is 43.5 Å². The molecule has 0 heterocycles. The van der Waals surface area contributed by atoms with Crippen molar-refractivity contribution in [2.24, 2.45) is 0 Å². The molecule has 9 heteroatoms. The van der Waals surface area contributed by atoms with Gasteiger partial charge in [0.25, 0.3) is 7.82 Å². The average molecular weight is 1180 g/mol. The molecule has 0 aromatic heterocycles. The molecule has 486 valence electrons. The zero-order valence-corrected chi connectivity index (χ0v) is 56.6. The predicted molar refractivity (Wildman–Crippen MR) is 358 cm³/mol. The Morgan fingerprint density at radius 2 is 0.683 bits per heavy atom. The minimum absolute atomic E-state index is 0.00417. The molecular weight excluding hydrogens is 1030 g/mol. The first kappa shape index (κ1) is 80.7. The molecule has 0 saturated carbocycles. The Labute approximate surface area is 512 Å². The summed E-state index contributed by atoms with van der Waals surface area (Å²) >= 11 is 0. The van der Waals surface area contributed by atoms with Crippen molar-refractivity contribution in [2.75, 3.05) is 40.9 Å². The summed E-state index contributed by atoms with van der Waals surface area (Å²) in [5.74, 6) is -0.199. The number of aliphatic hydroxyl groups excluding tert-OH is 1. The lowest BCUT2D eigenvalue weighted by Gasteiger charge is -2.29. The Balaban J connectivity index is 3.98. The number of phosphoric acid groups is 1. The van der Waals surface area contributed by atoms with E-state index in [1.54, 1.807) is 6.08 Å². The van der Waals surface area contributed by atoms with E-state index in [4.69, 9.17) is 9.05 Å². The lowest BCUT2D eigenvalue weighted by atomic mass is 10.0. The number of quaternary nitrogens is 1. The molecule has 0 aliphatic heterocycles.